The van der Waals surface area contributed by atoms with Gasteiger partial charge >= 0.3 is 5.97 Å². The largest absolute Gasteiger partial charge is 0.477 e. The normalized spacial score (nSPS) is 19.8. The fourth-order valence-electron chi connectivity index (χ4n) is 4.34. The van der Waals surface area contributed by atoms with Gasteiger partial charge in [0.05, 0.1) is 33.6 Å². The average molecular weight is 426 g/mol. The van der Waals surface area contributed by atoms with Crippen LogP contribution in [0, 0.1) is 5.82 Å². The minimum Gasteiger partial charge on any atom is -0.477 e. The summed E-state index contributed by atoms with van der Waals surface area (Å²) in [5.74, 6) is -1.74. The Bertz CT molecular complexity index is 1380. The second-order valence-corrected chi connectivity index (χ2v) is 8.73. The van der Waals surface area contributed by atoms with E-state index in [2.05, 4.69) is 0 Å². The standard InChI is InChI=1S/C22H19FN2O4S/c1-11-9-24(10-12(2)29-11)17-7-13-16(8-14(17)23)25-15-5-3-4-6-18(15)30-21(25)19(20(13)26)22(27)28/h3-8,11-12H,9-10H2,1-2H3,(H,27,28). The molecule has 1 aliphatic rings. The van der Waals surface area contributed by atoms with Gasteiger partial charge in [0.25, 0.3) is 0 Å². The first-order chi connectivity index (χ1) is 14.3. The molecule has 2 aromatic heterocycles. The molecule has 3 heterocycles. The van der Waals surface area contributed by atoms with Crippen molar-refractivity contribution in [2.75, 3.05) is 18.0 Å². The molecule has 1 N–H and O–H groups in total. The Kier molecular flexibility index (Phi) is 4.30. The van der Waals surface area contributed by atoms with E-state index in [9.17, 15) is 14.7 Å². The van der Waals surface area contributed by atoms with Crippen molar-refractivity contribution in [1.29, 1.82) is 0 Å². The maximum absolute atomic E-state index is 15.3. The van der Waals surface area contributed by atoms with Crippen molar-refractivity contribution in [2.45, 2.75) is 26.1 Å². The van der Waals surface area contributed by atoms with Gasteiger partial charge in [-0.1, -0.05) is 12.1 Å². The molecule has 1 fully saturated rings. The topological polar surface area (TPSA) is 71.2 Å². The lowest BCUT2D eigenvalue weighted by atomic mass is 10.1. The smallest absolute Gasteiger partial charge is 0.342 e. The summed E-state index contributed by atoms with van der Waals surface area (Å²) in [4.78, 5) is 27.3. The van der Waals surface area contributed by atoms with E-state index >= 15 is 4.39 Å². The summed E-state index contributed by atoms with van der Waals surface area (Å²) in [5.41, 5.74) is 0.515. The number of carboxylic acid groups (broad SMARTS) is 1. The van der Waals surface area contributed by atoms with E-state index in [-0.39, 0.29) is 28.8 Å². The molecule has 0 radical (unpaired) electrons. The third-order valence-corrected chi connectivity index (χ3v) is 6.63. The van der Waals surface area contributed by atoms with Crippen LogP contribution in [0.3, 0.4) is 0 Å². The van der Waals surface area contributed by atoms with E-state index in [4.69, 9.17) is 4.74 Å². The van der Waals surface area contributed by atoms with Gasteiger partial charge in [-0.3, -0.25) is 9.20 Å². The maximum atomic E-state index is 15.3. The summed E-state index contributed by atoms with van der Waals surface area (Å²) >= 11 is 1.22. The quantitative estimate of drug-likeness (QED) is 0.522. The summed E-state index contributed by atoms with van der Waals surface area (Å²) in [7, 11) is 0. The third kappa shape index (κ3) is 2.79. The van der Waals surface area contributed by atoms with Crippen LogP contribution >= 0.6 is 11.3 Å². The van der Waals surface area contributed by atoms with Crippen molar-refractivity contribution in [3.05, 3.63) is 58.0 Å². The van der Waals surface area contributed by atoms with Crippen LogP contribution in [0.4, 0.5) is 10.1 Å². The Morgan fingerprint density at radius 2 is 1.87 bits per heavy atom. The highest BCUT2D eigenvalue weighted by molar-refractivity contribution is 7.24. The Morgan fingerprint density at radius 3 is 2.57 bits per heavy atom. The van der Waals surface area contributed by atoms with E-state index in [1.165, 1.54) is 23.5 Å². The molecule has 1 saturated heterocycles. The highest BCUT2D eigenvalue weighted by Crippen LogP contribution is 2.34. The minimum atomic E-state index is -1.29. The van der Waals surface area contributed by atoms with Crippen LogP contribution in [0.1, 0.15) is 24.2 Å². The number of anilines is 1. The molecule has 30 heavy (non-hydrogen) atoms. The summed E-state index contributed by atoms with van der Waals surface area (Å²) < 4.78 is 23.5. The van der Waals surface area contributed by atoms with Crippen LogP contribution in [0.25, 0.3) is 25.9 Å². The van der Waals surface area contributed by atoms with Crippen molar-refractivity contribution in [3.8, 4) is 0 Å². The van der Waals surface area contributed by atoms with Gasteiger partial charge in [-0.2, -0.15) is 0 Å². The number of nitrogens with zero attached hydrogens (tertiary/aromatic N) is 2. The van der Waals surface area contributed by atoms with Crippen LogP contribution in [0.5, 0.6) is 0 Å². The fraction of sp³-hybridized carbons (Fsp3) is 0.273. The maximum Gasteiger partial charge on any atom is 0.342 e. The molecule has 0 bridgehead atoms. The number of thiazole rings is 1. The van der Waals surface area contributed by atoms with Gasteiger partial charge in [0, 0.05) is 24.5 Å². The van der Waals surface area contributed by atoms with Gasteiger partial charge in [0.15, 0.2) is 0 Å². The fourth-order valence-corrected chi connectivity index (χ4v) is 5.53. The Balaban J connectivity index is 1.87. The predicted molar refractivity (Wildman–Crippen MR) is 116 cm³/mol. The monoisotopic (exact) mass is 426 g/mol. The molecule has 2 atom stereocenters. The number of aromatic nitrogens is 1. The lowest BCUT2D eigenvalue weighted by Crippen LogP contribution is -2.45. The molecule has 154 valence electrons. The van der Waals surface area contributed by atoms with E-state index in [0.717, 1.165) is 10.2 Å². The zero-order valence-corrected chi connectivity index (χ0v) is 17.2. The average Bonchev–Trinajstić information content (AvgIpc) is 3.05. The molecule has 5 rings (SSSR count). The van der Waals surface area contributed by atoms with Crippen molar-refractivity contribution < 1.29 is 19.0 Å². The first-order valence-electron chi connectivity index (χ1n) is 9.68. The van der Waals surface area contributed by atoms with E-state index in [1.54, 1.807) is 4.40 Å². The number of hydrogen-bond acceptors (Lipinski definition) is 5. The molecule has 0 spiro atoms. The van der Waals surface area contributed by atoms with Crippen LogP contribution in [0.2, 0.25) is 0 Å². The SMILES string of the molecule is CC1CN(c2cc3c(=O)c(C(=O)O)c4sc5ccccc5n4c3cc2F)CC(C)O1. The van der Waals surface area contributed by atoms with Gasteiger partial charge < -0.3 is 14.7 Å². The highest BCUT2D eigenvalue weighted by atomic mass is 32.1. The van der Waals surface area contributed by atoms with Crippen LogP contribution in [0.15, 0.2) is 41.2 Å². The molecular formula is C22H19FN2O4S. The zero-order chi connectivity index (χ0) is 21.2. The second-order valence-electron chi connectivity index (χ2n) is 7.70. The molecule has 4 aromatic rings. The lowest BCUT2D eigenvalue weighted by Gasteiger charge is -2.37. The number of fused-ring (bicyclic) bond motifs is 5. The second kappa shape index (κ2) is 6.78. The number of carbonyl (C=O) groups is 1. The Morgan fingerprint density at radius 1 is 1.17 bits per heavy atom. The predicted octanol–water partition coefficient (Wildman–Crippen LogP) is 4.12. The lowest BCUT2D eigenvalue weighted by molar-refractivity contribution is -0.00538. The van der Waals surface area contributed by atoms with E-state index in [1.807, 2.05) is 43.0 Å². The molecule has 8 heteroatoms. The first-order valence-corrected chi connectivity index (χ1v) is 10.5. The number of benzene rings is 2. The number of aromatic carboxylic acids is 1. The number of pyridine rings is 1. The number of carboxylic acids is 1. The van der Waals surface area contributed by atoms with Gasteiger partial charge in [0.1, 0.15) is 16.2 Å². The van der Waals surface area contributed by atoms with Crippen molar-refractivity contribution in [1.82, 2.24) is 4.40 Å². The van der Waals surface area contributed by atoms with Gasteiger partial charge in [-0.05, 0) is 32.0 Å². The van der Waals surface area contributed by atoms with Crippen molar-refractivity contribution in [3.63, 3.8) is 0 Å². The molecule has 2 unspecified atom stereocenters. The molecule has 6 nitrogen and oxygen atoms in total. The van der Waals surface area contributed by atoms with E-state index < -0.39 is 17.2 Å². The van der Waals surface area contributed by atoms with Gasteiger partial charge in [-0.15, -0.1) is 11.3 Å². The third-order valence-electron chi connectivity index (χ3n) is 5.48. The van der Waals surface area contributed by atoms with Crippen molar-refractivity contribution in [2.24, 2.45) is 0 Å². The number of para-hydroxylation sites is 1. The molecule has 0 aliphatic carbocycles. The summed E-state index contributed by atoms with van der Waals surface area (Å²) in [6.07, 6.45) is -0.161. The van der Waals surface area contributed by atoms with Crippen molar-refractivity contribution >= 4 is 48.9 Å². The number of halogens is 1. The number of ether oxygens (including phenoxy) is 1. The summed E-state index contributed by atoms with van der Waals surface area (Å²) in [6.45, 7) is 4.81. The van der Waals surface area contributed by atoms with Crippen LogP contribution < -0.4 is 10.3 Å². The summed E-state index contributed by atoms with van der Waals surface area (Å²) in [6, 6.07) is 10.2. The van der Waals surface area contributed by atoms with Gasteiger partial charge in [0.2, 0.25) is 5.43 Å². The molecular weight excluding hydrogens is 407 g/mol. The van der Waals surface area contributed by atoms with E-state index in [0.29, 0.717) is 23.4 Å². The number of hydrogen-bond donors (Lipinski definition) is 1. The number of rotatable bonds is 2. The molecule has 0 amide bonds. The van der Waals surface area contributed by atoms with Crippen LogP contribution in [-0.2, 0) is 4.74 Å². The Labute approximate surface area is 174 Å². The zero-order valence-electron chi connectivity index (χ0n) is 16.4. The minimum absolute atomic E-state index is 0.0807. The summed E-state index contributed by atoms with van der Waals surface area (Å²) in [5, 5.41) is 9.97. The Hall–Kier alpha value is -2.97. The molecule has 2 aromatic carbocycles. The first kappa shape index (κ1) is 19.0. The van der Waals surface area contributed by atoms with Gasteiger partial charge in [-0.25, -0.2) is 9.18 Å². The molecule has 0 saturated carbocycles. The highest BCUT2D eigenvalue weighted by Gasteiger charge is 2.27. The van der Waals surface area contributed by atoms with Crippen LogP contribution in [-0.4, -0.2) is 40.8 Å². The molecule has 1 aliphatic heterocycles. The number of morpholine rings is 1.